The lowest BCUT2D eigenvalue weighted by atomic mass is 10.1. The van der Waals surface area contributed by atoms with E-state index in [1.54, 1.807) is 20.0 Å². The highest BCUT2D eigenvalue weighted by Crippen LogP contribution is 2.22. The summed E-state index contributed by atoms with van der Waals surface area (Å²) in [7, 11) is 1.54. The van der Waals surface area contributed by atoms with Crippen molar-refractivity contribution >= 4 is 5.91 Å². The molecule has 5 heteroatoms. The van der Waals surface area contributed by atoms with Gasteiger partial charge in [-0.3, -0.25) is 4.79 Å². The fourth-order valence-electron chi connectivity index (χ4n) is 1.82. The zero-order valence-electron chi connectivity index (χ0n) is 10.7. The van der Waals surface area contributed by atoms with E-state index in [1.165, 1.54) is 23.3 Å². The largest absolute Gasteiger partial charge is 0.507 e. The molecule has 4 nitrogen and oxygen atoms in total. The van der Waals surface area contributed by atoms with Gasteiger partial charge in [0, 0.05) is 19.2 Å². The molecule has 0 radical (unpaired) electrons. The number of hydrogen-bond acceptors (Lipinski definition) is 3. The molecule has 1 aromatic heterocycles. The van der Waals surface area contributed by atoms with Crippen molar-refractivity contribution in [3.05, 3.63) is 53.2 Å². The monoisotopic (exact) mass is 263 g/mol. The van der Waals surface area contributed by atoms with Crippen LogP contribution >= 0.6 is 0 Å². The van der Waals surface area contributed by atoms with E-state index < -0.39 is 11.7 Å². The van der Waals surface area contributed by atoms with Gasteiger partial charge in [0.25, 0.3) is 5.91 Å². The van der Waals surface area contributed by atoms with Gasteiger partial charge in [-0.1, -0.05) is 6.07 Å². The summed E-state index contributed by atoms with van der Waals surface area (Å²) >= 11 is 0. The zero-order valence-corrected chi connectivity index (χ0v) is 10.7. The second-order valence-corrected chi connectivity index (χ2v) is 4.30. The molecule has 0 aliphatic heterocycles. The quantitative estimate of drug-likeness (QED) is 0.926. The minimum absolute atomic E-state index is 0.287. The Kier molecular flexibility index (Phi) is 3.55. The van der Waals surface area contributed by atoms with Crippen LogP contribution in [0.25, 0.3) is 0 Å². The molecule has 2 rings (SSSR count). The lowest BCUT2D eigenvalue weighted by molar-refractivity contribution is 0.0776. The Morgan fingerprint density at radius 3 is 2.74 bits per heavy atom. The van der Waals surface area contributed by atoms with E-state index >= 15 is 0 Å². The number of rotatable bonds is 3. The van der Waals surface area contributed by atoms with Crippen molar-refractivity contribution in [2.45, 2.75) is 13.5 Å². The van der Waals surface area contributed by atoms with Crippen LogP contribution in [0.5, 0.6) is 5.75 Å². The van der Waals surface area contributed by atoms with Gasteiger partial charge in [0.1, 0.15) is 22.9 Å². The number of phenolic OH excluding ortho intramolecular Hbond substituents is 1. The van der Waals surface area contributed by atoms with Crippen LogP contribution in [0.15, 0.2) is 34.9 Å². The van der Waals surface area contributed by atoms with Crippen LogP contribution in [0.2, 0.25) is 0 Å². The SMILES string of the molecule is Cc1occc1CN(C)C(=O)c1c(O)cccc1F. The van der Waals surface area contributed by atoms with Crippen LogP contribution in [0, 0.1) is 12.7 Å². The number of aromatic hydroxyl groups is 1. The third-order valence-electron chi connectivity index (χ3n) is 2.93. The lowest BCUT2D eigenvalue weighted by Crippen LogP contribution is -2.27. The molecule has 100 valence electrons. The number of carbonyl (C=O) groups excluding carboxylic acids is 1. The maximum atomic E-state index is 13.6. The number of nitrogens with zero attached hydrogens (tertiary/aromatic N) is 1. The molecule has 0 spiro atoms. The van der Waals surface area contributed by atoms with E-state index in [4.69, 9.17) is 4.42 Å². The first-order valence-corrected chi connectivity index (χ1v) is 5.76. The summed E-state index contributed by atoms with van der Waals surface area (Å²) in [6, 6.07) is 5.53. The Hall–Kier alpha value is -2.30. The molecule has 0 fully saturated rings. The normalized spacial score (nSPS) is 10.5. The fraction of sp³-hybridized carbons (Fsp3) is 0.214. The first-order valence-electron chi connectivity index (χ1n) is 5.76. The number of hydrogen-bond donors (Lipinski definition) is 1. The Morgan fingerprint density at radius 2 is 2.16 bits per heavy atom. The van der Waals surface area contributed by atoms with Gasteiger partial charge in [-0.05, 0) is 25.1 Å². The minimum Gasteiger partial charge on any atom is -0.507 e. The van der Waals surface area contributed by atoms with Crippen LogP contribution < -0.4 is 0 Å². The molecule has 1 heterocycles. The number of benzene rings is 1. The molecular weight excluding hydrogens is 249 g/mol. The first-order chi connectivity index (χ1) is 9.00. The van der Waals surface area contributed by atoms with Gasteiger partial charge >= 0.3 is 0 Å². The second kappa shape index (κ2) is 5.14. The molecular formula is C14H14FNO3. The number of amides is 1. The fourth-order valence-corrected chi connectivity index (χ4v) is 1.82. The number of halogens is 1. The molecule has 0 aliphatic carbocycles. The number of aryl methyl sites for hydroxylation is 1. The van der Waals surface area contributed by atoms with Crippen molar-refractivity contribution in [2.75, 3.05) is 7.05 Å². The molecule has 2 aromatic rings. The summed E-state index contributed by atoms with van der Waals surface area (Å²) in [6.07, 6.45) is 1.53. The standard InChI is InChI=1S/C14H14FNO3/c1-9-10(6-7-19-9)8-16(2)14(18)13-11(15)4-3-5-12(13)17/h3-7,17H,8H2,1-2H3. The van der Waals surface area contributed by atoms with E-state index in [0.717, 1.165) is 11.6 Å². The molecule has 1 aromatic carbocycles. The number of carbonyl (C=O) groups is 1. The predicted octanol–water partition coefficient (Wildman–Crippen LogP) is 2.70. The van der Waals surface area contributed by atoms with Crippen molar-refractivity contribution in [3.8, 4) is 5.75 Å². The maximum absolute atomic E-state index is 13.6. The summed E-state index contributed by atoms with van der Waals surface area (Å²) in [5.41, 5.74) is 0.526. The minimum atomic E-state index is -0.735. The summed E-state index contributed by atoms with van der Waals surface area (Å²) < 4.78 is 18.7. The predicted molar refractivity (Wildman–Crippen MR) is 67.3 cm³/mol. The number of phenols is 1. The third kappa shape index (κ3) is 2.59. The number of furan rings is 1. The highest BCUT2D eigenvalue weighted by atomic mass is 19.1. The van der Waals surface area contributed by atoms with Gasteiger partial charge in [0.15, 0.2) is 0 Å². The third-order valence-corrected chi connectivity index (χ3v) is 2.93. The van der Waals surface area contributed by atoms with Crippen LogP contribution in [-0.2, 0) is 6.54 Å². The summed E-state index contributed by atoms with van der Waals surface area (Å²) in [5.74, 6) is -0.963. The van der Waals surface area contributed by atoms with Crippen molar-refractivity contribution in [2.24, 2.45) is 0 Å². The van der Waals surface area contributed by atoms with Crippen LogP contribution in [0.3, 0.4) is 0 Å². The van der Waals surface area contributed by atoms with Crippen LogP contribution in [0.1, 0.15) is 21.7 Å². The second-order valence-electron chi connectivity index (χ2n) is 4.30. The van der Waals surface area contributed by atoms with Crippen molar-refractivity contribution in [3.63, 3.8) is 0 Å². The zero-order chi connectivity index (χ0) is 14.0. The molecule has 1 N–H and O–H groups in total. The average Bonchev–Trinajstić information content (AvgIpc) is 2.74. The van der Waals surface area contributed by atoms with Gasteiger partial charge in [-0.25, -0.2) is 4.39 Å². The molecule has 19 heavy (non-hydrogen) atoms. The van der Waals surface area contributed by atoms with Gasteiger partial charge < -0.3 is 14.4 Å². The highest BCUT2D eigenvalue weighted by molar-refractivity contribution is 5.96. The Morgan fingerprint density at radius 1 is 1.42 bits per heavy atom. The van der Waals surface area contributed by atoms with E-state index in [2.05, 4.69) is 0 Å². The molecule has 0 unspecified atom stereocenters. The van der Waals surface area contributed by atoms with E-state index in [1.807, 2.05) is 0 Å². The van der Waals surface area contributed by atoms with Crippen LogP contribution in [0.4, 0.5) is 4.39 Å². The van der Waals surface area contributed by atoms with Gasteiger partial charge in [0.2, 0.25) is 0 Å². The summed E-state index contributed by atoms with van der Waals surface area (Å²) in [6.45, 7) is 2.07. The Balaban J connectivity index is 2.22. The molecule has 0 atom stereocenters. The van der Waals surface area contributed by atoms with E-state index in [-0.39, 0.29) is 17.9 Å². The van der Waals surface area contributed by atoms with Gasteiger partial charge in [0.05, 0.1) is 6.26 Å². The first kappa shape index (κ1) is 13.1. The average molecular weight is 263 g/mol. The summed E-state index contributed by atoms with van der Waals surface area (Å²) in [5, 5.41) is 9.59. The van der Waals surface area contributed by atoms with E-state index in [0.29, 0.717) is 5.76 Å². The highest BCUT2D eigenvalue weighted by Gasteiger charge is 2.21. The maximum Gasteiger partial charge on any atom is 0.260 e. The van der Waals surface area contributed by atoms with Crippen LogP contribution in [-0.4, -0.2) is 23.0 Å². The van der Waals surface area contributed by atoms with Gasteiger partial charge in [-0.2, -0.15) is 0 Å². The molecule has 0 saturated heterocycles. The Bertz CT molecular complexity index is 586. The molecule has 1 amide bonds. The Labute approximate surface area is 110 Å². The van der Waals surface area contributed by atoms with E-state index in [9.17, 15) is 14.3 Å². The molecule has 0 saturated carbocycles. The summed E-state index contributed by atoms with van der Waals surface area (Å²) in [4.78, 5) is 13.4. The molecule has 0 bridgehead atoms. The van der Waals surface area contributed by atoms with Crippen molar-refractivity contribution in [1.29, 1.82) is 0 Å². The lowest BCUT2D eigenvalue weighted by Gasteiger charge is -2.17. The van der Waals surface area contributed by atoms with Crippen molar-refractivity contribution in [1.82, 2.24) is 4.90 Å². The molecule has 0 aliphatic rings. The topological polar surface area (TPSA) is 53.7 Å². The smallest absolute Gasteiger partial charge is 0.260 e. The van der Waals surface area contributed by atoms with Crippen molar-refractivity contribution < 1.29 is 18.7 Å². The van der Waals surface area contributed by atoms with Gasteiger partial charge in [-0.15, -0.1) is 0 Å².